The first-order chi connectivity index (χ1) is 15.3. The van der Waals surface area contributed by atoms with E-state index in [0.29, 0.717) is 34.5 Å². The van der Waals surface area contributed by atoms with E-state index in [1.165, 1.54) is 0 Å². The van der Waals surface area contributed by atoms with E-state index in [1.54, 1.807) is 42.7 Å². The lowest BCUT2D eigenvalue weighted by Crippen LogP contribution is -2.21. The highest BCUT2D eigenvalue weighted by molar-refractivity contribution is 5.57. The van der Waals surface area contributed by atoms with Gasteiger partial charge in [0, 0.05) is 11.5 Å². The Labute approximate surface area is 188 Å². The predicted molar refractivity (Wildman–Crippen MR) is 116 cm³/mol. The number of ether oxygens (including phenoxy) is 8. The van der Waals surface area contributed by atoms with Crippen LogP contribution >= 0.6 is 0 Å². The summed E-state index contributed by atoms with van der Waals surface area (Å²) in [5.74, 6) is 2.38. The van der Waals surface area contributed by atoms with Crippen LogP contribution in [-0.2, 0) is 15.3 Å². The van der Waals surface area contributed by atoms with Gasteiger partial charge in [-0.1, -0.05) is 6.92 Å². The number of methoxy groups -OCH3 is 6. The van der Waals surface area contributed by atoms with Crippen molar-refractivity contribution in [1.82, 2.24) is 0 Å². The maximum absolute atomic E-state index is 6.63. The Kier molecular flexibility index (Phi) is 5.55. The van der Waals surface area contributed by atoms with E-state index in [0.717, 1.165) is 11.1 Å². The summed E-state index contributed by atoms with van der Waals surface area (Å²) in [6.07, 6.45) is -0.262. The minimum absolute atomic E-state index is 0.0319. The second-order valence-electron chi connectivity index (χ2n) is 8.03. The van der Waals surface area contributed by atoms with Gasteiger partial charge in [0.25, 0.3) is 0 Å². The van der Waals surface area contributed by atoms with Gasteiger partial charge in [-0.15, -0.1) is 0 Å². The van der Waals surface area contributed by atoms with Crippen LogP contribution < -0.4 is 28.4 Å². The van der Waals surface area contributed by atoms with E-state index in [2.05, 4.69) is 13.8 Å². The van der Waals surface area contributed by atoms with Crippen LogP contribution in [0.4, 0.5) is 0 Å². The maximum Gasteiger partial charge on any atom is 0.226 e. The number of fused-ring (bicyclic) bond motifs is 1. The van der Waals surface area contributed by atoms with E-state index >= 15 is 0 Å². The van der Waals surface area contributed by atoms with Crippen molar-refractivity contribution >= 4 is 0 Å². The lowest BCUT2D eigenvalue weighted by molar-refractivity contribution is -0.107. The lowest BCUT2D eigenvalue weighted by Gasteiger charge is -2.24. The normalized spacial score (nSPS) is 28.0. The average Bonchev–Trinajstić information content (AvgIpc) is 3.38. The quantitative estimate of drug-likeness (QED) is 0.562. The van der Waals surface area contributed by atoms with E-state index in [4.69, 9.17) is 37.9 Å². The van der Waals surface area contributed by atoms with Gasteiger partial charge in [-0.05, 0) is 36.8 Å². The Balaban J connectivity index is 1.77. The smallest absolute Gasteiger partial charge is 0.226 e. The molecule has 0 saturated carbocycles. The molecule has 4 rings (SSSR count). The highest BCUT2D eigenvalue weighted by atomic mass is 16.8. The maximum atomic E-state index is 6.63. The van der Waals surface area contributed by atoms with Crippen LogP contribution in [0.2, 0.25) is 0 Å². The van der Waals surface area contributed by atoms with Gasteiger partial charge in [0.1, 0.15) is 5.60 Å². The molecule has 2 fully saturated rings. The molecule has 2 aliphatic heterocycles. The largest absolute Gasteiger partial charge is 0.493 e. The first-order valence-electron chi connectivity index (χ1n) is 10.3. The fourth-order valence-corrected chi connectivity index (χ4v) is 4.68. The van der Waals surface area contributed by atoms with Crippen LogP contribution in [0.3, 0.4) is 0 Å². The van der Waals surface area contributed by atoms with Crippen LogP contribution in [0.5, 0.6) is 34.5 Å². The molecule has 0 spiro atoms. The molecule has 8 heteroatoms. The van der Waals surface area contributed by atoms with E-state index in [9.17, 15) is 0 Å². The molecule has 2 saturated heterocycles. The minimum Gasteiger partial charge on any atom is -0.493 e. The summed E-state index contributed by atoms with van der Waals surface area (Å²) < 4.78 is 45.9. The highest BCUT2D eigenvalue weighted by Gasteiger charge is 2.79. The van der Waals surface area contributed by atoms with Gasteiger partial charge >= 0.3 is 0 Å². The Morgan fingerprint density at radius 3 is 1.53 bits per heavy atom. The van der Waals surface area contributed by atoms with Gasteiger partial charge in [-0.25, -0.2) is 0 Å². The van der Waals surface area contributed by atoms with Crippen LogP contribution in [0.1, 0.15) is 31.1 Å². The molecule has 0 bridgehead atoms. The fraction of sp³-hybridized carbons (Fsp3) is 0.500. The topological polar surface area (TPSA) is 77.1 Å². The molecule has 0 amide bonds. The highest BCUT2D eigenvalue weighted by Crippen LogP contribution is 2.71. The van der Waals surface area contributed by atoms with Crippen LogP contribution in [0.25, 0.3) is 0 Å². The predicted octanol–water partition coefficient (Wildman–Crippen LogP) is 4.09. The number of benzene rings is 2. The van der Waals surface area contributed by atoms with Gasteiger partial charge in [0.15, 0.2) is 23.0 Å². The van der Waals surface area contributed by atoms with Gasteiger partial charge in [0.05, 0.1) is 48.8 Å². The molecule has 4 atom stereocenters. The van der Waals surface area contributed by atoms with Crippen molar-refractivity contribution in [3.63, 3.8) is 0 Å². The summed E-state index contributed by atoms with van der Waals surface area (Å²) in [6.45, 7) is 4.17. The summed E-state index contributed by atoms with van der Waals surface area (Å²) >= 11 is 0. The van der Waals surface area contributed by atoms with Crippen molar-refractivity contribution in [3.05, 3.63) is 35.4 Å². The Hall–Kier alpha value is -2.84. The van der Waals surface area contributed by atoms with Gasteiger partial charge in [-0.3, -0.25) is 0 Å². The molecule has 32 heavy (non-hydrogen) atoms. The third-order valence-electron chi connectivity index (χ3n) is 6.64. The number of hydrogen-bond acceptors (Lipinski definition) is 8. The molecule has 2 aromatic carbocycles. The molecule has 2 heterocycles. The number of rotatable bonds is 8. The van der Waals surface area contributed by atoms with Crippen molar-refractivity contribution < 1.29 is 37.9 Å². The Bertz CT molecular complexity index is 971. The number of epoxide rings is 1. The summed E-state index contributed by atoms with van der Waals surface area (Å²) in [6, 6.07) is 7.58. The van der Waals surface area contributed by atoms with Crippen LogP contribution in [-0.4, -0.2) is 48.3 Å². The zero-order valence-corrected chi connectivity index (χ0v) is 19.7. The second-order valence-corrected chi connectivity index (χ2v) is 8.03. The fourth-order valence-electron chi connectivity index (χ4n) is 4.68. The summed E-state index contributed by atoms with van der Waals surface area (Å²) in [4.78, 5) is 0. The van der Waals surface area contributed by atoms with Gasteiger partial charge in [-0.2, -0.15) is 0 Å². The minimum atomic E-state index is -0.940. The third-order valence-corrected chi connectivity index (χ3v) is 6.64. The van der Waals surface area contributed by atoms with Gasteiger partial charge in [0.2, 0.25) is 17.3 Å². The molecule has 2 aliphatic rings. The van der Waals surface area contributed by atoms with Gasteiger partial charge < -0.3 is 37.9 Å². The number of hydrogen-bond donors (Lipinski definition) is 0. The molecule has 0 radical (unpaired) electrons. The monoisotopic (exact) mass is 446 g/mol. The lowest BCUT2D eigenvalue weighted by atomic mass is 9.85. The van der Waals surface area contributed by atoms with Crippen LogP contribution in [0.15, 0.2) is 24.3 Å². The second kappa shape index (κ2) is 7.94. The molecular weight excluding hydrogens is 416 g/mol. The average molecular weight is 446 g/mol. The zero-order valence-electron chi connectivity index (χ0n) is 19.7. The Morgan fingerprint density at radius 2 is 1.12 bits per heavy atom. The molecule has 0 aliphatic carbocycles. The molecule has 0 unspecified atom stereocenters. The molecule has 2 aromatic rings. The van der Waals surface area contributed by atoms with Crippen molar-refractivity contribution in [2.24, 2.45) is 5.92 Å². The van der Waals surface area contributed by atoms with Crippen molar-refractivity contribution in [1.29, 1.82) is 0 Å². The molecule has 8 nitrogen and oxygen atoms in total. The van der Waals surface area contributed by atoms with Crippen molar-refractivity contribution in [2.75, 3.05) is 42.7 Å². The first-order valence-corrected chi connectivity index (χ1v) is 10.3. The van der Waals surface area contributed by atoms with Crippen molar-refractivity contribution in [2.45, 2.75) is 31.3 Å². The zero-order chi connectivity index (χ0) is 23.3. The first kappa shape index (κ1) is 22.4. The van der Waals surface area contributed by atoms with Crippen molar-refractivity contribution in [3.8, 4) is 34.5 Å². The standard InChI is InChI=1S/C24H30O8/c1-13-20(14-9-16(25-3)21(29-7)17(10-14)26-4)31-24(23(13,2)32-24)15-11-18(27-5)22(30-8)19(12-15)28-6/h9-13,20H,1-8H3/t13-,20+,23+,24+/m1/s1. The Morgan fingerprint density at radius 1 is 0.688 bits per heavy atom. The summed E-state index contributed by atoms with van der Waals surface area (Å²) in [7, 11) is 9.52. The van der Waals surface area contributed by atoms with E-state index in [-0.39, 0.29) is 12.0 Å². The molecule has 0 N–H and O–H groups in total. The summed E-state index contributed by atoms with van der Waals surface area (Å²) in [5.41, 5.74) is 1.18. The van der Waals surface area contributed by atoms with Crippen LogP contribution in [0, 0.1) is 5.92 Å². The summed E-state index contributed by atoms with van der Waals surface area (Å²) in [5, 5.41) is 0. The van der Waals surface area contributed by atoms with E-state index < -0.39 is 11.4 Å². The molecule has 174 valence electrons. The van der Waals surface area contributed by atoms with E-state index in [1.807, 2.05) is 24.3 Å². The SMILES string of the molecule is COc1cc([C@H]2O[C@@]3(c4cc(OC)c(OC)c(OC)c4)O[C@@]3(C)[C@@H]2C)cc(OC)c1OC. The third kappa shape index (κ3) is 2.97. The molecular formula is C24H30O8. The molecule has 0 aromatic heterocycles.